The second-order valence-electron chi connectivity index (χ2n) is 4.52. The number of hydrogen-bond donors (Lipinski definition) is 1. The highest BCUT2D eigenvalue weighted by molar-refractivity contribution is 6.00. The van der Waals surface area contributed by atoms with Crippen LogP contribution in [0.15, 0.2) is 18.3 Å². The highest BCUT2D eigenvalue weighted by atomic mass is 16.5. The zero-order valence-electron chi connectivity index (χ0n) is 12.7. The lowest BCUT2D eigenvalue weighted by molar-refractivity contribution is 0.304. The Morgan fingerprint density at radius 2 is 1.86 bits per heavy atom. The number of aliphatic hydroxyl groups is 1. The molecule has 0 aliphatic carbocycles. The van der Waals surface area contributed by atoms with Gasteiger partial charge in [-0.25, -0.2) is 4.98 Å². The first kappa shape index (κ1) is 15.2. The Labute approximate surface area is 123 Å². The fraction of sp³-hybridized carbons (Fsp3) is 0.400. The van der Waals surface area contributed by atoms with Gasteiger partial charge in [-0.05, 0) is 17.5 Å². The lowest BCUT2D eigenvalue weighted by Crippen LogP contribution is -2.22. The normalized spacial score (nSPS) is 10.5. The van der Waals surface area contributed by atoms with Crippen LogP contribution >= 0.6 is 0 Å². The molecule has 0 unspecified atom stereocenters. The van der Waals surface area contributed by atoms with Crippen molar-refractivity contribution in [1.29, 1.82) is 0 Å². The molecule has 1 N–H and O–H groups in total. The number of pyridine rings is 1. The van der Waals surface area contributed by atoms with Gasteiger partial charge >= 0.3 is 0 Å². The summed E-state index contributed by atoms with van der Waals surface area (Å²) in [5.74, 6) is 2.42. The molecule has 0 saturated heterocycles. The zero-order valence-corrected chi connectivity index (χ0v) is 12.7. The zero-order chi connectivity index (χ0) is 15.4. The number of aliphatic hydroxyl groups excluding tert-OH is 1. The fourth-order valence-corrected chi connectivity index (χ4v) is 2.34. The molecule has 2 aromatic rings. The molecule has 0 spiro atoms. The number of rotatable bonds is 6. The molecule has 0 aliphatic rings. The lowest BCUT2D eigenvalue weighted by Gasteiger charge is -2.21. The Morgan fingerprint density at radius 3 is 2.43 bits per heavy atom. The van der Waals surface area contributed by atoms with Crippen LogP contribution in [0.3, 0.4) is 0 Å². The van der Waals surface area contributed by atoms with E-state index < -0.39 is 0 Å². The minimum Gasteiger partial charge on any atom is -0.493 e. The Hall–Kier alpha value is -2.21. The second kappa shape index (κ2) is 6.49. The van der Waals surface area contributed by atoms with E-state index in [4.69, 9.17) is 19.3 Å². The van der Waals surface area contributed by atoms with E-state index in [0.29, 0.717) is 23.8 Å². The summed E-state index contributed by atoms with van der Waals surface area (Å²) < 4.78 is 16.3. The highest BCUT2D eigenvalue weighted by Gasteiger charge is 2.20. The highest BCUT2D eigenvalue weighted by Crippen LogP contribution is 2.45. The van der Waals surface area contributed by atoms with Crippen LogP contribution in [0.2, 0.25) is 0 Å². The first-order valence-corrected chi connectivity index (χ1v) is 6.57. The van der Waals surface area contributed by atoms with E-state index in [1.165, 1.54) is 0 Å². The predicted molar refractivity (Wildman–Crippen MR) is 81.8 cm³/mol. The van der Waals surface area contributed by atoms with Crippen LogP contribution in [0.5, 0.6) is 17.2 Å². The van der Waals surface area contributed by atoms with Crippen molar-refractivity contribution in [3.8, 4) is 17.2 Å². The monoisotopic (exact) mass is 292 g/mol. The van der Waals surface area contributed by atoms with Gasteiger partial charge in [-0.3, -0.25) is 0 Å². The number of methoxy groups -OCH3 is 3. The topological polar surface area (TPSA) is 64.1 Å². The molecule has 6 nitrogen and oxygen atoms in total. The molecule has 114 valence electrons. The van der Waals surface area contributed by atoms with Crippen LogP contribution in [-0.4, -0.2) is 51.6 Å². The molecule has 0 radical (unpaired) electrons. The van der Waals surface area contributed by atoms with Crippen LogP contribution < -0.4 is 19.1 Å². The molecule has 0 saturated carbocycles. The summed E-state index contributed by atoms with van der Waals surface area (Å²) in [5.41, 5.74) is 0. The number of fused-ring (bicyclic) bond motifs is 1. The molecule has 0 amide bonds. The number of anilines is 1. The van der Waals surface area contributed by atoms with Gasteiger partial charge in [-0.1, -0.05) is 0 Å². The predicted octanol–water partition coefficient (Wildman–Crippen LogP) is 1.69. The molecule has 0 fully saturated rings. The summed E-state index contributed by atoms with van der Waals surface area (Å²) >= 11 is 0. The molecule has 1 aromatic heterocycles. The van der Waals surface area contributed by atoms with Crippen molar-refractivity contribution in [2.75, 3.05) is 46.4 Å². The maximum Gasteiger partial charge on any atom is 0.204 e. The minimum absolute atomic E-state index is 0.0458. The van der Waals surface area contributed by atoms with Crippen molar-refractivity contribution in [3.63, 3.8) is 0 Å². The number of benzene rings is 1. The van der Waals surface area contributed by atoms with Crippen molar-refractivity contribution < 1.29 is 19.3 Å². The van der Waals surface area contributed by atoms with E-state index >= 15 is 0 Å². The van der Waals surface area contributed by atoms with Gasteiger partial charge in [0.05, 0.1) is 33.3 Å². The molecule has 0 atom stereocenters. The maximum absolute atomic E-state index is 9.13. The molecule has 1 heterocycles. The SMILES string of the molecule is COc1cc2ccnc(N(C)CCO)c2c(OC)c1OC. The van der Waals surface area contributed by atoms with Crippen molar-refractivity contribution in [2.45, 2.75) is 0 Å². The van der Waals surface area contributed by atoms with Gasteiger partial charge in [0.1, 0.15) is 5.82 Å². The first-order chi connectivity index (χ1) is 10.2. The fourth-order valence-electron chi connectivity index (χ4n) is 2.34. The van der Waals surface area contributed by atoms with E-state index in [2.05, 4.69) is 4.98 Å². The molecule has 21 heavy (non-hydrogen) atoms. The molecule has 2 rings (SSSR count). The quantitative estimate of drug-likeness (QED) is 0.874. The van der Waals surface area contributed by atoms with Gasteiger partial charge in [-0.2, -0.15) is 0 Å². The Balaban J connectivity index is 2.78. The van der Waals surface area contributed by atoms with Gasteiger partial charge < -0.3 is 24.2 Å². The standard InChI is InChI=1S/C15H20N2O4/c1-17(7-8-18)15-12-10(5-6-16-15)9-11(19-2)13(20-3)14(12)21-4/h5-6,9,18H,7-8H2,1-4H3. The number of nitrogens with zero attached hydrogens (tertiary/aromatic N) is 2. The smallest absolute Gasteiger partial charge is 0.204 e. The van der Waals surface area contributed by atoms with Gasteiger partial charge in [0.2, 0.25) is 5.75 Å². The average molecular weight is 292 g/mol. The Bertz CT molecular complexity index is 631. The third-order valence-electron chi connectivity index (χ3n) is 3.33. The number of ether oxygens (including phenoxy) is 3. The summed E-state index contributed by atoms with van der Waals surface area (Å²) in [6.45, 7) is 0.522. The van der Waals surface area contributed by atoms with Crippen LogP contribution in [0.25, 0.3) is 10.8 Å². The third-order valence-corrected chi connectivity index (χ3v) is 3.33. The second-order valence-corrected chi connectivity index (χ2v) is 4.52. The van der Waals surface area contributed by atoms with Crippen molar-refractivity contribution >= 4 is 16.6 Å². The minimum atomic E-state index is 0.0458. The lowest BCUT2D eigenvalue weighted by atomic mass is 10.1. The summed E-state index contributed by atoms with van der Waals surface area (Å²) in [5, 5.41) is 10.9. The van der Waals surface area contributed by atoms with Crippen LogP contribution in [-0.2, 0) is 0 Å². The Kier molecular flexibility index (Phi) is 4.70. The molecule has 0 bridgehead atoms. The maximum atomic E-state index is 9.13. The van der Waals surface area contributed by atoms with E-state index in [1.807, 2.05) is 24.1 Å². The molecule has 6 heteroatoms. The summed E-state index contributed by atoms with van der Waals surface area (Å²) in [6, 6.07) is 3.77. The summed E-state index contributed by atoms with van der Waals surface area (Å²) in [6.07, 6.45) is 1.72. The number of aromatic nitrogens is 1. The third kappa shape index (κ3) is 2.67. The van der Waals surface area contributed by atoms with Gasteiger partial charge in [0.15, 0.2) is 11.5 Å². The first-order valence-electron chi connectivity index (χ1n) is 6.57. The number of likely N-dealkylation sites (N-methyl/N-ethyl adjacent to an activating group) is 1. The van der Waals surface area contributed by atoms with Gasteiger partial charge in [0, 0.05) is 19.8 Å². The van der Waals surface area contributed by atoms with Gasteiger partial charge in [0.25, 0.3) is 0 Å². The molecular formula is C15H20N2O4. The molecular weight excluding hydrogens is 272 g/mol. The molecule has 0 aliphatic heterocycles. The van der Waals surface area contributed by atoms with Crippen LogP contribution in [0.1, 0.15) is 0 Å². The van der Waals surface area contributed by atoms with Crippen LogP contribution in [0.4, 0.5) is 5.82 Å². The van der Waals surface area contributed by atoms with Gasteiger partial charge in [-0.15, -0.1) is 0 Å². The van der Waals surface area contributed by atoms with E-state index in [-0.39, 0.29) is 6.61 Å². The summed E-state index contributed by atoms with van der Waals surface area (Å²) in [4.78, 5) is 6.28. The number of hydrogen-bond acceptors (Lipinski definition) is 6. The van der Waals surface area contributed by atoms with E-state index in [0.717, 1.165) is 16.6 Å². The molecule has 1 aromatic carbocycles. The van der Waals surface area contributed by atoms with Crippen molar-refractivity contribution in [3.05, 3.63) is 18.3 Å². The van der Waals surface area contributed by atoms with E-state index in [9.17, 15) is 0 Å². The van der Waals surface area contributed by atoms with Crippen molar-refractivity contribution in [2.24, 2.45) is 0 Å². The van der Waals surface area contributed by atoms with Crippen LogP contribution in [0, 0.1) is 0 Å². The van der Waals surface area contributed by atoms with E-state index in [1.54, 1.807) is 27.5 Å². The van der Waals surface area contributed by atoms with Crippen molar-refractivity contribution in [1.82, 2.24) is 4.98 Å². The average Bonchev–Trinajstić information content (AvgIpc) is 2.52. The largest absolute Gasteiger partial charge is 0.493 e. The Morgan fingerprint density at radius 1 is 1.14 bits per heavy atom. The summed E-state index contributed by atoms with van der Waals surface area (Å²) in [7, 11) is 6.61.